The van der Waals surface area contributed by atoms with E-state index in [1.165, 1.54) is 63.3 Å². The molecule has 4 aromatic carbocycles. The van der Waals surface area contributed by atoms with Crippen molar-refractivity contribution in [1.29, 1.82) is 0 Å². The molecular formula is C63H83N7O14. The molecular weight excluding hydrogens is 1080 g/mol. The minimum atomic E-state index is -1.67. The first kappa shape index (κ1) is 67.9. The summed E-state index contributed by atoms with van der Waals surface area (Å²) in [6, 6.07) is 21.1. The van der Waals surface area contributed by atoms with Gasteiger partial charge < -0.3 is 57.6 Å². The summed E-state index contributed by atoms with van der Waals surface area (Å²) in [5.41, 5.74) is 2.22. The van der Waals surface area contributed by atoms with Crippen molar-refractivity contribution in [2.24, 2.45) is 0 Å². The third-order valence-electron chi connectivity index (χ3n) is 14.1. The Balaban J connectivity index is 1.53. The maximum Gasteiger partial charge on any atom is 0.326 e. The summed E-state index contributed by atoms with van der Waals surface area (Å²) in [6.07, 6.45) is 9.23. The molecule has 7 atom stereocenters. The molecule has 7 amide bonds. The Labute approximate surface area is 490 Å². The first-order valence-corrected chi connectivity index (χ1v) is 29.0. The second kappa shape index (κ2) is 37.5. The number of phenolic OH excluding ortho intramolecular Hbond substituents is 1. The van der Waals surface area contributed by atoms with Crippen molar-refractivity contribution in [2.45, 2.75) is 185 Å². The molecule has 0 heterocycles. The summed E-state index contributed by atoms with van der Waals surface area (Å²) in [6.45, 7) is 3.50. The minimum Gasteiger partial charge on any atom is -0.508 e. The molecule has 21 nitrogen and oxygen atoms in total. The van der Waals surface area contributed by atoms with Crippen LogP contribution < -0.4 is 37.2 Å². The molecule has 0 aliphatic rings. The monoisotopic (exact) mass is 1160 g/mol. The standard InChI is InChI=1S/C63H83N7O14/c1-3-4-5-6-7-8-9-10-11-12-22-29-54(72)65-48(34-36-55(73)74)58(78)69-52(39-44-25-18-14-19-26-44)61(81)66-49(35-37-56(75)76)59(79)68-50(40-46-30-32-47(71)33-31-46)60(80)64-42(2)57(77)67-51(38-43-23-16-13-17-24-43)62(82)70-53(63(83)84)41-45-27-20-15-21-28-45/h13-21,23-28,30-33,42,48-53,71H,3-12,22,29,34-41H2,1-2H3,(H,64,80)(H,65,72)(H,66,81)(H,67,77)(H,68,79)(H,69,78)(H,70,82)(H,73,74)(H,75,76)(H,83,84)/t42-,48-,49-,50-,51-,52-,53-/m0/s1. The fraction of sp³-hybridized carbons (Fsp3) is 0.460. The van der Waals surface area contributed by atoms with Crippen molar-refractivity contribution >= 4 is 59.3 Å². The number of unbranched alkanes of at least 4 members (excludes halogenated alkanes) is 10. The van der Waals surface area contributed by atoms with Crippen molar-refractivity contribution in [2.75, 3.05) is 0 Å². The number of rotatable bonds is 40. The number of aliphatic carboxylic acids is 3. The van der Waals surface area contributed by atoms with Crippen LogP contribution in [-0.4, -0.2) is 122 Å². The van der Waals surface area contributed by atoms with E-state index in [-0.39, 0.29) is 44.3 Å². The number of carbonyl (C=O) groups excluding carboxylic acids is 7. The van der Waals surface area contributed by atoms with Gasteiger partial charge in [0.1, 0.15) is 48.0 Å². The van der Waals surface area contributed by atoms with Gasteiger partial charge in [0.05, 0.1) is 0 Å². The van der Waals surface area contributed by atoms with Gasteiger partial charge in [0.25, 0.3) is 0 Å². The normalized spacial score (nSPS) is 13.5. The zero-order chi connectivity index (χ0) is 61.2. The Kier molecular flexibility index (Phi) is 30.3. The quantitative estimate of drug-likeness (QED) is 0.0242. The highest BCUT2D eigenvalue weighted by Gasteiger charge is 2.34. The van der Waals surface area contributed by atoms with Crippen LogP contribution in [0.2, 0.25) is 0 Å². The van der Waals surface area contributed by atoms with Crippen molar-refractivity contribution in [3.05, 3.63) is 138 Å². The van der Waals surface area contributed by atoms with Gasteiger partial charge in [0, 0.05) is 44.9 Å². The lowest BCUT2D eigenvalue weighted by Crippen LogP contribution is -2.60. The minimum absolute atomic E-state index is 0.0583. The average molecular weight is 1160 g/mol. The van der Waals surface area contributed by atoms with E-state index in [1.807, 2.05) is 0 Å². The maximum atomic E-state index is 14.4. The van der Waals surface area contributed by atoms with E-state index in [9.17, 15) is 68.4 Å². The van der Waals surface area contributed by atoms with Crippen molar-refractivity contribution in [1.82, 2.24) is 37.2 Å². The second-order valence-electron chi connectivity index (χ2n) is 21.1. The lowest BCUT2D eigenvalue weighted by Gasteiger charge is -2.27. The molecule has 84 heavy (non-hydrogen) atoms. The van der Waals surface area contributed by atoms with Crippen molar-refractivity contribution in [3.63, 3.8) is 0 Å². The molecule has 454 valence electrons. The van der Waals surface area contributed by atoms with Gasteiger partial charge in [-0.3, -0.25) is 43.2 Å². The van der Waals surface area contributed by atoms with Crippen LogP contribution in [-0.2, 0) is 73.6 Å². The third-order valence-corrected chi connectivity index (χ3v) is 14.1. The van der Waals surface area contributed by atoms with E-state index in [0.29, 0.717) is 28.7 Å². The van der Waals surface area contributed by atoms with E-state index in [2.05, 4.69) is 44.1 Å². The number of benzene rings is 4. The summed E-state index contributed by atoms with van der Waals surface area (Å²) in [5, 5.41) is 57.4. The van der Waals surface area contributed by atoms with E-state index >= 15 is 0 Å². The number of hydrogen-bond donors (Lipinski definition) is 11. The van der Waals surface area contributed by atoms with E-state index in [1.54, 1.807) is 91.0 Å². The second-order valence-corrected chi connectivity index (χ2v) is 21.1. The Morgan fingerprint density at radius 3 is 1.08 bits per heavy atom. The van der Waals surface area contributed by atoms with Gasteiger partial charge in [-0.05, 0) is 60.6 Å². The number of carbonyl (C=O) groups is 10. The molecule has 0 saturated heterocycles. The number of nitrogens with one attached hydrogen (secondary N) is 7. The average Bonchev–Trinajstić information content (AvgIpc) is 3.55. The molecule has 0 aliphatic heterocycles. The molecule has 4 rings (SSSR count). The van der Waals surface area contributed by atoms with Crippen molar-refractivity contribution < 1.29 is 68.4 Å². The summed E-state index contributed by atoms with van der Waals surface area (Å²) >= 11 is 0. The number of carboxylic acids is 3. The lowest BCUT2D eigenvalue weighted by molar-refractivity contribution is -0.142. The summed E-state index contributed by atoms with van der Waals surface area (Å²) in [7, 11) is 0. The molecule has 0 spiro atoms. The van der Waals surface area contributed by atoms with Gasteiger partial charge in [-0.2, -0.15) is 0 Å². The smallest absolute Gasteiger partial charge is 0.326 e. The fourth-order valence-electron chi connectivity index (χ4n) is 9.30. The zero-order valence-corrected chi connectivity index (χ0v) is 48.0. The van der Waals surface area contributed by atoms with Gasteiger partial charge in [0.2, 0.25) is 41.4 Å². The van der Waals surface area contributed by atoms with Crippen LogP contribution in [0, 0.1) is 0 Å². The molecule has 0 fully saturated rings. The number of carboxylic acid groups (broad SMARTS) is 3. The Hall–Kier alpha value is -8.62. The summed E-state index contributed by atoms with van der Waals surface area (Å²) in [4.78, 5) is 134. The molecule has 0 radical (unpaired) electrons. The predicted molar refractivity (Wildman–Crippen MR) is 314 cm³/mol. The number of aromatic hydroxyl groups is 1. The molecule has 0 saturated carbocycles. The first-order chi connectivity index (χ1) is 40.3. The highest BCUT2D eigenvalue weighted by Crippen LogP contribution is 2.16. The first-order valence-electron chi connectivity index (χ1n) is 29.0. The molecule has 21 heteroatoms. The topological polar surface area (TPSA) is 336 Å². The number of phenols is 1. The van der Waals surface area contributed by atoms with Crippen LogP contribution >= 0.6 is 0 Å². The van der Waals surface area contributed by atoms with Gasteiger partial charge in [0.15, 0.2) is 0 Å². The van der Waals surface area contributed by atoms with E-state index in [4.69, 9.17) is 0 Å². The highest BCUT2D eigenvalue weighted by atomic mass is 16.4. The molecule has 0 unspecified atom stereocenters. The molecule has 0 aliphatic carbocycles. The molecule has 4 aromatic rings. The van der Waals surface area contributed by atoms with Crippen LogP contribution in [0.3, 0.4) is 0 Å². The molecule has 0 aromatic heterocycles. The highest BCUT2D eigenvalue weighted by molar-refractivity contribution is 5.98. The fourth-order valence-corrected chi connectivity index (χ4v) is 9.30. The van der Waals surface area contributed by atoms with Gasteiger partial charge >= 0.3 is 17.9 Å². The SMILES string of the molecule is CCCCCCCCCCCCCC(=O)N[C@@H](CCC(=O)O)C(=O)N[C@@H](Cc1ccccc1)C(=O)N[C@@H](CCC(=O)O)C(=O)N[C@@H](Cc1ccc(O)cc1)C(=O)N[C@@H](C)C(=O)N[C@@H](Cc1ccccc1)C(=O)N[C@@H](Cc1ccccc1)C(=O)O. The summed E-state index contributed by atoms with van der Waals surface area (Å²) in [5.74, 6) is -9.97. The largest absolute Gasteiger partial charge is 0.508 e. The molecule has 11 N–H and O–H groups in total. The lowest BCUT2D eigenvalue weighted by atomic mass is 10.0. The Morgan fingerprint density at radius 1 is 0.357 bits per heavy atom. The number of hydrogen-bond acceptors (Lipinski definition) is 11. The van der Waals surface area contributed by atoms with Crippen LogP contribution in [0.5, 0.6) is 5.75 Å². The molecule has 0 bridgehead atoms. The zero-order valence-electron chi connectivity index (χ0n) is 48.0. The van der Waals surface area contributed by atoms with E-state index in [0.717, 1.165) is 32.1 Å². The predicted octanol–water partition coefficient (Wildman–Crippen LogP) is 5.59. The Bertz CT molecular complexity index is 2730. The van der Waals surface area contributed by atoms with Crippen molar-refractivity contribution in [3.8, 4) is 5.75 Å². The van der Waals surface area contributed by atoms with E-state index < -0.39 is 121 Å². The van der Waals surface area contributed by atoms with Crippen LogP contribution in [0.1, 0.15) is 139 Å². The Morgan fingerprint density at radius 2 is 0.679 bits per heavy atom. The summed E-state index contributed by atoms with van der Waals surface area (Å²) < 4.78 is 0. The van der Waals surface area contributed by atoms with Crippen LogP contribution in [0.4, 0.5) is 0 Å². The third kappa shape index (κ3) is 26.5. The maximum absolute atomic E-state index is 14.4. The van der Waals surface area contributed by atoms with Gasteiger partial charge in [-0.15, -0.1) is 0 Å². The van der Waals surface area contributed by atoms with Gasteiger partial charge in [-0.25, -0.2) is 4.79 Å². The van der Waals surface area contributed by atoms with Crippen LogP contribution in [0.15, 0.2) is 115 Å². The van der Waals surface area contributed by atoms with Crippen LogP contribution in [0.25, 0.3) is 0 Å². The van der Waals surface area contributed by atoms with Gasteiger partial charge in [-0.1, -0.05) is 174 Å². The number of amides is 7.